The van der Waals surface area contributed by atoms with E-state index in [-0.39, 0.29) is 17.1 Å². The number of nitrogens with one attached hydrogen (secondary N) is 1. The van der Waals surface area contributed by atoms with Crippen molar-refractivity contribution in [3.05, 3.63) is 99.2 Å². The van der Waals surface area contributed by atoms with Crippen LogP contribution in [0.4, 0.5) is 23.7 Å². The van der Waals surface area contributed by atoms with E-state index < -0.39 is 17.8 Å². The summed E-state index contributed by atoms with van der Waals surface area (Å²) < 4.78 is 43.5. The summed E-state index contributed by atoms with van der Waals surface area (Å²) in [6, 6.07) is 16.8. The molecular formula is C31H31ClF3N5O. The van der Waals surface area contributed by atoms with Gasteiger partial charge in [0.2, 0.25) is 0 Å². The van der Waals surface area contributed by atoms with Crippen molar-refractivity contribution in [1.82, 2.24) is 14.7 Å². The standard InChI is InChI=1S/C31H31ClF3N5O/c1-3-19-7-5-8-20(4-2)28(19)40-29(21-11-13-22(14-12-21)37-30(36)41)24-18-39(16-15-27(24)38-40)17-23-25(31(33,34)35)9-6-10-26(23)32/h5-14H,3-4,15-18H2,1-2H3,(H3,36,37,41). The minimum absolute atomic E-state index is 0.0613. The van der Waals surface area contributed by atoms with Gasteiger partial charge in [-0.1, -0.05) is 61.8 Å². The maximum atomic E-state index is 13.8. The summed E-state index contributed by atoms with van der Waals surface area (Å²) in [6.45, 7) is 5.23. The molecule has 1 aliphatic rings. The molecule has 2 amide bonds. The average Bonchev–Trinajstić information content (AvgIpc) is 3.31. The topological polar surface area (TPSA) is 76.2 Å². The Bertz CT molecular complexity index is 1560. The maximum Gasteiger partial charge on any atom is 0.416 e. The van der Waals surface area contributed by atoms with Gasteiger partial charge in [0.15, 0.2) is 0 Å². The molecule has 214 valence electrons. The van der Waals surface area contributed by atoms with Gasteiger partial charge in [-0.15, -0.1) is 0 Å². The molecule has 2 heterocycles. The number of nitrogens with zero attached hydrogens (tertiary/aromatic N) is 3. The number of benzene rings is 3. The number of aryl methyl sites for hydroxylation is 2. The van der Waals surface area contributed by atoms with Crippen molar-refractivity contribution in [3.63, 3.8) is 0 Å². The summed E-state index contributed by atoms with van der Waals surface area (Å²) >= 11 is 6.30. The molecule has 0 aliphatic carbocycles. The first-order valence-electron chi connectivity index (χ1n) is 13.6. The van der Waals surface area contributed by atoms with E-state index in [2.05, 4.69) is 37.4 Å². The van der Waals surface area contributed by atoms with Crippen LogP contribution in [-0.4, -0.2) is 27.3 Å². The minimum Gasteiger partial charge on any atom is -0.351 e. The highest BCUT2D eigenvalue weighted by Gasteiger charge is 2.35. The number of urea groups is 1. The van der Waals surface area contributed by atoms with E-state index in [0.29, 0.717) is 25.2 Å². The molecule has 10 heteroatoms. The third-order valence-electron chi connectivity index (χ3n) is 7.52. The van der Waals surface area contributed by atoms with E-state index in [0.717, 1.165) is 58.2 Å². The Morgan fingerprint density at radius 3 is 2.29 bits per heavy atom. The van der Waals surface area contributed by atoms with Crippen LogP contribution in [-0.2, 0) is 38.5 Å². The van der Waals surface area contributed by atoms with Crippen LogP contribution in [0.15, 0.2) is 60.7 Å². The van der Waals surface area contributed by atoms with Crippen LogP contribution < -0.4 is 11.1 Å². The highest BCUT2D eigenvalue weighted by Crippen LogP contribution is 2.39. The monoisotopic (exact) mass is 581 g/mol. The van der Waals surface area contributed by atoms with Gasteiger partial charge in [0.25, 0.3) is 0 Å². The van der Waals surface area contributed by atoms with E-state index in [9.17, 15) is 18.0 Å². The second-order valence-corrected chi connectivity index (χ2v) is 10.5. The van der Waals surface area contributed by atoms with Crippen molar-refractivity contribution in [1.29, 1.82) is 0 Å². The molecular weight excluding hydrogens is 551 g/mol. The summed E-state index contributed by atoms with van der Waals surface area (Å²) in [5.41, 5.74) is 12.2. The number of para-hydroxylation sites is 1. The lowest BCUT2D eigenvalue weighted by atomic mass is 9.98. The lowest BCUT2D eigenvalue weighted by molar-refractivity contribution is -0.138. The Morgan fingerprint density at radius 2 is 1.68 bits per heavy atom. The number of fused-ring (bicyclic) bond motifs is 1. The van der Waals surface area contributed by atoms with Crippen molar-refractivity contribution < 1.29 is 18.0 Å². The fraction of sp³-hybridized carbons (Fsp3) is 0.290. The van der Waals surface area contributed by atoms with Crippen LogP contribution >= 0.6 is 11.6 Å². The summed E-state index contributed by atoms with van der Waals surface area (Å²) in [5.74, 6) is 0. The molecule has 0 bridgehead atoms. The second kappa shape index (κ2) is 11.6. The molecule has 0 fully saturated rings. The van der Waals surface area contributed by atoms with Gasteiger partial charge in [0.1, 0.15) is 0 Å². The highest BCUT2D eigenvalue weighted by molar-refractivity contribution is 6.31. The van der Waals surface area contributed by atoms with Crippen LogP contribution in [0.25, 0.3) is 16.9 Å². The van der Waals surface area contributed by atoms with Gasteiger partial charge >= 0.3 is 12.2 Å². The molecule has 0 spiro atoms. The fourth-order valence-electron chi connectivity index (χ4n) is 5.57. The first-order chi connectivity index (χ1) is 19.6. The normalized spacial score (nSPS) is 13.7. The molecule has 3 N–H and O–H groups in total. The molecule has 4 aromatic rings. The Morgan fingerprint density at radius 1 is 1.02 bits per heavy atom. The zero-order chi connectivity index (χ0) is 29.3. The SMILES string of the molecule is CCc1cccc(CC)c1-n1nc2c(c1-c1ccc(NC(N)=O)cc1)CN(Cc1c(Cl)cccc1C(F)(F)F)CC2. The Balaban J connectivity index is 1.62. The lowest BCUT2D eigenvalue weighted by Gasteiger charge is -2.28. The number of alkyl halides is 3. The van der Waals surface area contributed by atoms with Crippen molar-refractivity contribution in [2.24, 2.45) is 5.73 Å². The van der Waals surface area contributed by atoms with Crippen molar-refractivity contribution in [3.8, 4) is 16.9 Å². The summed E-state index contributed by atoms with van der Waals surface area (Å²) in [5, 5.41) is 7.78. The third kappa shape index (κ3) is 5.83. The molecule has 0 atom stereocenters. The minimum atomic E-state index is -4.50. The van der Waals surface area contributed by atoms with Gasteiger partial charge < -0.3 is 11.1 Å². The molecule has 41 heavy (non-hydrogen) atoms. The van der Waals surface area contributed by atoms with Gasteiger partial charge in [0.05, 0.1) is 22.6 Å². The highest BCUT2D eigenvalue weighted by atomic mass is 35.5. The summed E-state index contributed by atoms with van der Waals surface area (Å²) in [6.07, 6.45) is -2.29. The van der Waals surface area contributed by atoms with Gasteiger partial charge in [-0.25, -0.2) is 9.48 Å². The number of anilines is 1. The van der Waals surface area contributed by atoms with Gasteiger partial charge in [-0.3, -0.25) is 4.90 Å². The number of hydrogen-bond acceptors (Lipinski definition) is 3. The lowest BCUT2D eigenvalue weighted by Crippen LogP contribution is -2.31. The van der Waals surface area contributed by atoms with Crippen LogP contribution in [0.2, 0.25) is 5.02 Å². The molecule has 3 aromatic carbocycles. The molecule has 0 saturated carbocycles. The molecule has 0 unspecified atom stereocenters. The van der Waals surface area contributed by atoms with E-state index >= 15 is 0 Å². The maximum absolute atomic E-state index is 13.8. The number of nitrogens with two attached hydrogens (primary N) is 1. The molecule has 5 rings (SSSR count). The first-order valence-corrected chi connectivity index (χ1v) is 13.9. The van der Waals surface area contributed by atoms with Crippen LogP contribution in [0, 0.1) is 0 Å². The molecule has 0 saturated heterocycles. The average molecular weight is 582 g/mol. The van der Waals surface area contributed by atoms with Gasteiger partial charge in [-0.2, -0.15) is 18.3 Å². The van der Waals surface area contributed by atoms with E-state index in [4.69, 9.17) is 22.4 Å². The quantitative estimate of drug-likeness (QED) is 0.239. The third-order valence-corrected chi connectivity index (χ3v) is 7.88. The predicted octanol–water partition coefficient (Wildman–Crippen LogP) is 7.39. The van der Waals surface area contributed by atoms with Crippen molar-refractivity contribution in [2.75, 3.05) is 11.9 Å². The number of amides is 2. The number of rotatable bonds is 7. The van der Waals surface area contributed by atoms with Crippen LogP contribution in [0.3, 0.4) is 0 Å². The number of carbonyl (C=O) groups is 1. The zero-order valence-corrected chi connectivity index (χ0v) is 23.6. The summed E-state index contributed by atoms with van der Waals surface area (Å²) in [4.78, 5) is 13.4. The number of halogens is 4. The van der Waals surface area contributed by atoms with E-state index in [1.807, 2.05) is 21.7 Å². The molecule has 6 nitrogen and oxygen atoms in total. The predicted molar refractivity (Wildman–Crippen MR) is 155 cm³/mol. The molecule has 1 aliphatic heterocycles. The number of primary amides is 1. The number of hydrogen-bond donors (Lipinski definition) is 2. The number of carbonyl (C=O) groups excluding carboxylic acids is 1. The Labute approximate surface area is 241 Å². The van der Waals surface area contributed by atoms with Crippen LogP contribution in [0.5, 0.6) is 0 Å². The van der Waals surface area contributed by atoms with E-state index in [1.165, 1.54) is 12.1 Å². The van der Waals surface area contributed by atoms with Gasteiger partial charge in [-0.05, 0) is 53.8 Å². The van der Waals surface area contributed by atoms with Crippen molar-refractivity contribution in [2.45, 2.75) is 52.4 Å². The Kier molecular flexibility index (Phi) is 8.11. The largest absolute Gasteiger partial charge is 0.416 e. The van der Waals surface area contributed by atoms with Crippen molar-refractivity contribution >= 4 is 23.3 Å². The second-order valence-electron chi connectivity index (χ2n) is 10.1. The van der Waals surface area contributed by atoms with Crippen LogP contribution in [0.1, 0.15) is 47.4 Å². The number of aromatic nitrogens is 2. The smallest absolute Gasteiger partial charge is 0.351 e. The summed E-state index contributed by atoms with van der Waals surface area (Å²) in [7, 11) is 0. The molecule has 0 radical (unpaired) electrons. The zero-order valence-electron chi connectivity index (χ0n) is 22.9. The fourth-order valence-corrected chi connectivity index (χ4v) is 5.81. The molecule has 1 aromatic heterocycles. The van der Waals surface area contributed by atoms with E-state index in [1.54, 1.807) is 12.1 Å². The Hall–Kier alpha value is -3.82. The first kappa shape index (κ1) is 28.7. The van der Waals surface area contributed by atoms with Gasteiger partial charge in [0, 0.05) is 47.9 Å².